The summed E-state index contributed by atoms with van der Waals surface area (Å²) >= 11 is 0. The third kappa shape index (κ3) is 4.16. The van der Waals surface area contributed by atoms with Crippen LogP contribution in [0.15, 0.2) is 0 Å². The number of hydrogen-bond acceptors (Lipinski definition) is 2. The molecule has 0 amide bonds. The Morgan fingerprint density at radius 2 is 1.89 bits per heavy atom. The molecular formula is C13H21F3N2. The highest BCUT2D eigenvalue weighted by Crippen LogP contribution is 2.31. The minimum Gasteiger partial charge on any atom is -0.312 e. The molecule has 1 rings (SSSR count). The fraction of sp³-hybridized carbons (Fsp3) is 0.923. The maximum absolute atomic E-state index is 12.5. The number of nitrogens with zero attached hydrogens (tertiary/aromatic N) is 1. The first-order chi connectivity index (χ1) is 8.36. The van der Waals surface area contributed by atoms with Crippen LogP contribution in [0.5, 0.6) is 0 Å². The van der Waals surface area contributed by atoms with Crippen molar-refractivity contribution >= 4 is 0 Å². The summed E-state index contributed by atoms with van der Waals surface area (Å²) in [5.74, 6) is -1.01. The lowest BCUT2D eigenvalue weighted by Gasteiger charge is -2.35. The van der Waals surface area contributed by atoms with E-state index in [1.165, 1.54) is 6.07 Å². The Morgan fingerprint density at radius 3 is 2.39 bits per heavy atom. The molecule has 3 atom stereocenters. The van der Waals surface area contributed by atoms with Gasteiger partial charge in [0, 0.05) is 12.6 Å². The predicted molar refractivity (Wildman–Crippen MR) is 63.7 cm³/mol. The summed E-state index contributed by atoms with van der Waals surface area (Å²) in [4.78, 5) is 0. The third-order valence-corrected chi connectivity index (χ3v) is 3.81. The Labute approximate surface area is 107 Å². The number of nitriles is 1. The van der Waals surface area contributed by atoms with E-state index in [9.17, 15) is 13.2 Å². The summed E-state index contributed by atoms with van der Waals surface area (Å²) in [7, 11) is 0. The van der Waals surface area contributed by atoms with Gasteiger partial charge in [-0.3, -0.25) is 0 Å². The lowest BCUT2D eigenvalue weighted by Crippen LogP contribution is -2.44. The summed E-state index contributed by atoms with van der Waals surface area (Å²) in [5, 5.41) is 11.5. The Morgan fingerprint density at radius 1 is 1.28 bits per heavy atom. The smallest absolute Gasteiger partial charge is 0.312 e. The standard InChI is InChI=1S/C13H21F3N2/c1-9(2)11-5-3-4-6-12(11)18-8-10(7-17)13(14,15)16/h9-12,18H,3-6,8H2,1-2H3. The quantitative estimate of drug-likeness (QED) is 0.841. The van der Waals surface area contributed by atoms with Crippen molar-refractivity contribution in [1.82, 2.24) is 5.32 Å². The monoisotopic (exact) mass is 262 g/mol. The first-order valence-corrected chi connectivity index (χ1v) is 6.56. The lowest BCUT2D eigenvalue weighted by atomic mass is 9.77. The van der Waals surface area contributed by atoms with Crippen LogP contribution in [0.4, 0.5) is 13.2 Å². The molecule has 1 fully saturated rings. The van der Waals surface area contributed by atoms with Crippen LogP contribution in [-0.4, -0.2) is 18.8 Å². The van der Waals surface area contributed by atoms with E-state index >= 15 is 0 Å². The molecule has 18 heavy (non-hydrogen) atoms. The molecule has 0 aromatic heterocycles. The second-order valence-corrected chi connectivity index (χ2v) is 5.43. The van der Waals surface area contributed by atoms with Crippen molar-refractivity contribution in [2.75, 3.05) is 6.54 Å². The Bertz CT molecular complexity index is 294. The number of hydrogen-bond donors (Lipinski definition) is 1. The largest absolute Gasteiger partial charge is 0.405 e. The molecular weight excluding hydrogens is 241 g/mol. The molecule has 0 bridgehead atoms. The SMILES string of the molecule is CC(C)C1CCCCC1NCC(C#N)C(F)(F)F. The summed E-state index contributed by atoms with van der Waals surface area (Å²) in [6.07, 6.45) is -0.229. The predicted octanol–water partition coefficient (Wildman–Crippen LogP) is 3.49. The van der Waals surface area contributed by atoms with Crippen LogP contribution >= 0.6 is 0 Å². The molecule has 3 unspecified atom stereocenters. The van der Waals surface area contributed by atoms with Crippen LogP contribution in [0.3, 0.4) is 0 Å². The van der Waals surface area contributed by atoms with E-state index in [1.54, 1.807) is 0 Å². The van der Waals surface area contributed by atoms with Crippen molar-refractivity contribution in [1.29, 1.82) is 5.26 Å². The fourth-order valence-corrected chi connectivity index (χ4v) is 2.71. The second-order valence-electron chi connectivity index (χ2n) is 5.43. The average molecular weight is 262 g/mol. The molecule has 1 aliphatic rings. The maximum Gasteiger partial charge on any atom is 0.405 e. The molecule has 2 nitrogen and oxygen atoms in total. The summed E-state index contributed by atoms with van der Waals surface area (Å²) < 4.78 is 37.4. The molecule has 0 aromatic carbocycles. The zero-order valence-electron chi connectivity index (χ0n) is 10.9. The molecule has 0 aromatic rings. The van der Waals surface area contributed by atoms with Crippen molar-refractivity contribution < 1.29 is 13.2 Å². The molecule has 0 spiro atoms. The number of alkyl halides is 3. The van der Waals surface area contributed by atoms with E-state index in [0.29, 0.717) is 11.8 Å². The maximum atomic E-state index is 12.5. The van der Waals surface area contributed by atoms with Gasteiger partial charge in [-0.25, -0.2) is 0 Å². The molecule has 0 aliphatic heterocycles. The molecule has 104 valence electrons. The highest BCUT2D eigenvalue weighted by molar-refractivity contribution is 4.92. The summed E-state index contributed by atoms with van der Waals surface area (Å²) in [6.45, 7) is 3.93. The van der Waals surface area contributed by atoms with Gasteiger partial charge in [-0.15, -0.1) is 0 Å². The van der Waals surface area contributed by atoms with E-state index in [0.717, 1.165) is 25.7 Å². The third-order valence-electron chi connectivity index (χ3n) is 3.81. The molecule has 1 aliphatic carbocycles. The minimum absolute atomic E-state index is 0.122. The van der Waals surface area contributed by atoms with Crippen molar-refractivity contribution in [3.63, 3.8) is 0 Å². The fourth-order valence-electron chi connectivity index (χ4n) is 2.71. The van der Waals surface area contributed by atoms with Gasteiger partial charge in [-0.1, -0.05) is 26.7 Å². The Kier molecular flexibility index (Phi) is 5.46. The first-order valence-electron chi connectivity index (χ1n) is 6.56. The van der Waals surface area contributed by atoms with Crippen LogP contribution in [-0.2, 0) is 0 Å². The van der Waals surface area contributed by atoms with Crippen LogP contribution in [0, 0.1) is 29.1 Å². The van der Waals surface area contributed by atoms with Crippen molar-refractivity contribution in [2.45, 2.75) is 51.7 Å². The summed E-state index contributed by atoms with van der Waals surface area (Å²) in [6, 6.07) is 1.46. The second kappa shape index (κ2) is 6.42. The van der Waals surface area contributed by atoms with Gasteiger partial charge in [-0.05, 0) is 24.7 Å². The molecule has 1 N–H and O–H groups in total. The van der Waals surface area contributed by atoms with Crippen LogP contribution in [0.2, 0.25) is 0 Å². The van der Waals surface area contributed by atoms with Crippen molar-refractivity contribution in [3.8, 4) is 6.07 Å². The zero-order chi connectivity index (χ0) is 13.8. The van der Waals surface area contributed by atoms with E-state index < -0.39 is 12.1 Å². The highest BCUT2D eigenvalue weighted by Gasteiger charge is 2.40. The lowest BCUT2D eigenvalue weighted by molar-refractivity contribution is -0.158. The molecule has 5 heteroatoms. The van der Waals surface area contributed by atoms with Gasteiger partial charge in [0.05, 0.1) is 6.07 Å². The van der Waals surface area contributed by atoms with Gasteiger partial charge >= 0.3 is 6.18 Å². The van der Waals surface area contributed by atoms with Gasteiger partial charge in [0.15, 0.2) is 5.92 Å². The molecule has 0 heterocycles. The van der Waals surface area contributed by atoms with Gasteiger partial charge < -0.3 is 5.32 Å². The first kappa shape index (κ1) is 15.3. The molecule has 0 saturated heterocycles. The minimum atomic E-state index is -4.43. The van der Waals surface area contributed by atoms with Crippen LogP contribution in [0.25, 0.3) is 0 Å². The van der Waals surface area contributed by atoms with Crippen LogP contribution in [0.1, 0.15) is 39.5 Å². The normalized spacial score (nSPS) is 26.9. The van der Waals surface area contributed by atoms with Crippen molar-refractivity contribution in [3.05, 3.63) is 0 Å². The van der Waals surface area contributed by atoms with Gasteiger partial charge in [0.1, 0.15) is 0 Å². The van der Waals surface area contributed by atoms with Crippen LogP contribution < -0.4 is 5.32 Å². The van der Waals surface area contributed by atoms with E-state index in [2.05, 4.69) is 19.2 Å². The van der Waals surface area contributed by atoms with Gasteiger partial charge in [-0.2, -0.15) is 18.4 Å². The molecule has 0 radical (unpaired) electrons. The van der Waals surface area contributed by atoms with Gasteiger partial charge in [0.25, 0.3) is 0 Å². The topological polar surface area (TPSA) is 35.8 Å². The zero-order valence-corrected chi connectivity index (χ0v) is 10.9. The number of rotatable bonds is 4. The number of nitrogens with one attached hydrogen (secondary N) is 1. The van der Waals surface area contributed by atoms with E-state index in [4.69, 9.17) is 5.26 Å². The Balaban J connectivity index is 2.53. The molecule has 1 saturated carbocycles. The summed E-state index contributed by atoms with van der Waals surface area (Å²) in [5.41, 5.74) is 0. The Hall–Kier alpha value is -0.760. The van der Waals surface area contributed by atoms with Gasteiger partial charge in [0.2, 0.25) is 0 Å². The number of halogens is 3. The van der Waals surface area contributed by atoms with Crippen molar-refractivity contribution in [2.24, 2.45) is 17.8 Å². The van der Waals surface area contributed by atoms with E-state index in [-0.39, 0.29) is 12.6 Å². The van der Waals surface area contributed by atoms with E-state index in [1.807, 2.05) is 0 Å². The highest BCUT2D eigenvalue weighted by atomic mass is 19.4. The average Bonchev–Trinajstić information content (AvgIpc) is 2.28.